The quantitative estimate of drug-likeness (QED) is 0.422. The molecule has 4 aromatic rings. The van der Waals surface area contributed by atoms with Gasteiger partial charge in [0.05, 0.1) is 5.52 Å². The Labute approximate surface area is 208 Å². The first kappa shape index (κ1) is 24.1. The Balaban J connectivity index is 1.36. The van der Waals surface area contributed by atoms with Crippen LogP contribution >= 0.6 is 0 Å². The molecule has 1 saturated heterocycles. The molecule has 2 aromatic carbocycles. The number of benzene rings is 2. The van der Waals surface area contributed by atoms with Crippen LogP contribution in [-0.2, 0) is 6.42 Å². The smallest absolute Gasteiger partial charge is 0.251 e. The summed E-state index contributed by atoms with van der Waals surface area (Å²) in [6.07, 6.45) is 2.69. The Morgan fingerprint density at radius 2 is 1.92 bits per heavy atom. The van der Waals surface area contributed by atoms with Crippen LogP contribution in [0.4, 0.5) is 8.78 Å². The van der Waals surface area contributed by atoms with Crippen LogP contribution in [0.3, 0.4) is 0 Å². The number of amides is 1. The van der Waals surface area contributed by atoms with Crippen molar-refractivity contribution in [3.8, 4) is 11.3 Å². The molecule has 2 N–H and O–H groups in total. The van der Waals surface area contributed by atoms with Gasteiger partial charge in [-0.1, -0.05) is 6.07 Å². The Bertz CT molecular complexity index is 1410. The van der Waals surface area contributed by atoms with Crippen molar-refractivity contribution in [3.05, 3.63) is 82.7 Å². The lowest BCUT2D eigenvalue weighted by molar-refractivity contribution is 0.0888. The van der Waals surface area contributed by atoms with Crippen LogP contribution in [0.15, 0.2) is 48.7 Å². The highest BCUT2D eigenvalue weighted by molar-refractivity contribution is 6.02. The minimum atomic E-state index is -0.520. The molecule has 1 fully saturated rings. The summed E-state index contributed by atoms with van der Waals surface area (Å²) in [6, 6.07) is 11.5. The Morgan fingerprint density at radius 1 is 1.14 bits per heavy atom. The zero-order chi connectivity index (χ0) is 25.4. The number of hydrogen-bond donors (Lipinski definition) is 2. The number of aryl methyl sites for hydroxylation is 2. The van der Waals surface area contributed by atoms with Gasteiger partial charge in [-0.15, -0.1) is 0 Å². The van der Waals surface area contributed by atoms with E-state index in [1.807, 2.05) is 45.2 Å². The number of pyridine rings is 1. The normalized spacial score (nSPS) is 18.5. The third-order valence-electron chi connectivity index (χ3n) is 6.93. The molecule has 186 valence electrons. The first-order chi connectivity index (χ1) is 17.3. The van der Waals surface area contributed by atoms with E-state index >= 15 is 0 Å². The Morgan fingerprint density at radius 3 is 2.67 bits per heavy atom. The lowest BCUT2D eigenvalue weighted by Crippen LogP contribution is -2.50. The first-order valence-corrected chi connectivity index (χ1v) is 12.1. The highest BCUT2D eigenvalue weighted by Gasteiger charge is 2.29. The van der Waals surface area contributed by atoms with E-state index in [-0.39, 0.29) is 23.4 Å². The molecule has 1 aliphatic rings. The van der Waals surface area contributed by atoms with Gasteiger partial charge in [0.15, 0.2) is 0 Å². The van der Waals surface area contributed by atoms with Gasteiger partial charge in [0.25, 0.3) is 5.91 Å². The van der Waals surface area contributed by atoms with Crippen LogP contribution in [0.2, 0.25) is 0 Å². The number of nitrogens with one attached hydrogen (secondary N) is 2. The number of likely N-dealkylation sites (N-methyl/N-ethyl adjacent to an activating group) is 1. The molecule has 1 amide bonds. The Kier molecular flexibility index (Phi) is 6.53. The lowest BCUT2D eigenvalue weighted by atomic mass is 9.88. The van der Waals surface area contributed by atoms with Gasteiger partial charge in [0.1, 0.15) is 17.3 Å². The molecule has 3 heterocycles. The number of carbonyl (C=O) groups excluding carboxylic acids is 1. The van der Waals surface area contributed by atoms with Crippen molar-refractivity contribution in [1.29, 1.82) is 0 Å². The van der Waals surface area contributed by atoms with Crippen LogP contribution in [-0.4, -0.2) is 52.2 Å². The number of fused-ring (bicyclic) bond motifs is 1. The van der Waals surface area contributed by atoms with Crippen molar-refractivity contribution >= 4 is 16.8 Å². The molecule has 0 saturated carbocycles. The van der Waals surface area contributed by atoms with E-state index in [4.69, 9.17) is 0 Å². The predicted molar refractivity (Wildman–Crippen MR) is 136 cm³/mol. The van der Waals surface area contributed by atoms with Gasteiger partial charge in [-0.05, 0) is 81.6 Å². The topological polar surface area (TPSA) is 73.9 Å². The summed E-state index contributed by atoms with van der Waals surface area (Å²) in [5, 5.41) is 11.6. The second kappa shape index (κ2) is 9.78. The predicted octanol–water partition coefficient (Wildman–Crippen LogP) is 4.81. The first-order valence-electron chi connectivity index (χ1n) is 12.1. The summed E-state index contributed by atoms with van der Waals surface area (Å²) in [4.78, 5) is 19.8. The van der Waals surface area contributed by atoms with E-state index in [0.717, 1.165) is 40.0 Å². The molecule has 0 bridgehead atoms. The number of aromatic nitrogens is 3. The maximum Gasteiger partial charge on any atom is 0.251 e. The standard InChI is InChI=1S/C28H29F2N5O/c1-16-9-26-23(27(34-33-26)19-7-8-31-17(2)10-19)13-21(16)28(36)32-20-11-18(14-35(3)15-20)12-22-24(29)5-4-6-25(22)30/h4-10,13,18,20H,11-12,14-15H2,1-3H3,(H,32,36)(H,33,34). The fourth-order valence-electron chi connectivity index (χ4n) is 5.30. The average molecular weight is 490 g/mol. The van der Waals surface area contributed by atoms with Gasteiger partial charge in [-0.3, -0.25) is 14.9 Å². The molecule has 6 nitrogen and oxygen atoms in total. The number of aromatic amines is 1. The van der Waals surface area contributed by atoms with Gasteiger partial charge < -0.3 is 10.2 Å². The highest BCUT2D eigenvalue weighted by Crippen LogP contribution is 2.29. The fraction of sp³-hybridized carbons (Fsp3) is 0.321. The van der Waals surface area contributed by atoms with E-state index in [1.54, 1.807) is 6.20 Å². The zero-order valence-corrected chi connectivity index (χ0v) is 20.6. The van der Waals surface area contributed by atoms with Crippen LogP contribution in [0.5, 0.6) is 0 Å². The van der Waals surface area contributed by atoms with Crippen molar-refractivity contribution in [2.45, 2.75) is 32.7 Å². The van der Waals surface area contributed by atoms with Crippen molar-refractivity contribution in [2.24, 2.45) is 5.92 Å². The molecule has 8 heteroatoms. The molecular weight excluding hydrogens is 460 g/mol. The lowest BCUT2D eigenvalue weighted by Gasteiger charge is -2.36. The molecule has 0 radical (unpaired) electrons. The third-order valence-corrected chi connectivity index (χ3v) is 6.93. The number of hydrogen-bond acceptors (Lipinski definition) is 4. The molecule has 1 aliphatic heterocycles. The summed E-state index contributed by atoms with van der Waals surface area (Å²) in [6.45, 7) is 5.23. The number of likely N-dealkylation sites (tertiary alicyclic amines) is 1. The minimum Gasteiger partial charge on any atom is -0.348 e. The van der Waals surface area contributed by atoms with E-state index in [0.29, 0.717) is 24.9 Å². The van der Waals surface area contributed by atoms with E-state index in [2.05, 4.69) is 25.4 Å². The van der Waals surface area contributed by atoms with Crippen LogP contribution in [0.1, 0.15) is 33.6 Å². The van der Waals surface area contributed by atoms with Gasteiger partial charge in [0, 0.05) is 53.1 Å². The summed E-state index contributed by atoms with van der Waals surface area (Å²) < 4.78 is 28.4. The number of rotatable bonds is 5. The van der Waals surface area contributed by atoms with Crippen molar-refractivity contribution in [1.82, 2.24) is 25.4 Å². The number of nitrogens with zero attached hydrogens (tertiary/aromatic N) is 3. The summed E-state index contributed by atoms with van der Waals surface area (Å²) in [7, 11) is 1.97. The summed E-state index contributed by atoms with van der Waals surface area (Å²) >= 11 is 0. The SMILES string of the molecule is Cc1cc(-c2n[nH]c3cc(C)c(C(=O)NC4CC(Cc5c(F)cccc5F)CN(C)C4)cc23)ccn1. The van der Waals surface area contributed by atoms with Crippen LogP contribution in [0.25, 0.3) is 22.2 Å². The van der Waals surface area contributed by atoms with E-state index in [9.17, 15) is 13.6 Å². The molecular formula is C28H29F2N5O. The molecule has 36 heavy (non-hydrogen) atoms. The van der Waals surface area contributed by atoms with Crippen LogP contribution in [0, 0.1) is 31.4 Å². The van der Waals surface area contributed by atoms with Gasteiger partial charge in [-0.2, -0.15) is 5.10 Å². The number of carbonyl (C=O) groups is 1. The van der Waals surface area contributed by atoms with E-state index < -0.39 is 11.6 Å². The number of piperidine rings is 1. The average Bonchev–Trinajstić information content (AvgIpc) is 3.23. The monoisotopic (exact) mass is 489 g/mol. The van der Waals surface area contributed by atoms with Gasteiger partial charge in [0.2, 0.25) is 0 Å². The largest absolute Gasteiger partial charge is 0.348 e. The highest BCUT2D eigenvalue weighted by atomic mass is 19.1. The number of H-pyrrole nitrogens is 1. The minimum absolute atomic E-state index is 0.0273. The van der Waals surface area contributed by atoms with Crippen molar-refractivity contribution < 1.29 is 13.6 Å². The van der Waals surface area contributed by atoms with Gasteiger partial charge in [-0.25, -0.2) is 8.78 Å². The molecule has 2 atom stereocenters. The van der Waals surface area contributed by atoms with Crippen molar-refractivity contribution in [3.63, 3.8) is 0 Å². The third kappa shape index (κ3) is 4.86. The molecule has 2 unspecified atom stereocenters. The zero-order valence-electron chi connectivity index (χ0n) is 20.6. The molecule has 0 spiro atoms. The molecule has 5 rings (SSSR count). The molecule has 0 aliphatic carbocycles. The van der Waals surface area contributed by atoms with Crippen molar-refractivity contribution in [2.75, 3.05) is 20.1 Å². The number of halogens is 2. The summed E-state index contributed by atoms with van der Waals surface area (Å²) in [5.41, 5.74) is 4.99. The summed E-state index contributed by atoms with van der Waals surface area (Å²) in [5.74, 6) is -1.18. The van der Waals surface area contributed by atoms with E-state index in [1.165, 1.54) is 18.2 Å². The second-order valence-corrected chi connectivity index (χ2v) is 9.87. The maximum atomic E-state index is 14.2. The Hall–Kier alpha value is -3.65. The van der Waals surface area contributed by atoms with Crippen LogP contribution < -0.4 is 5.32 Å². The fourth-order valence-corrected chi connectivity index (χ4v) is 5.30. The maximum absolute atomic E-state index is 14.2. The second-order valence-electron chi connectivity index (χ2n) is 9.87. The van der Waals surface area contributed by atoms with Gasteiger partial charge >= 0.3 is 0 Å². The molecule has 2 aromatic heterocycles.